The van der Waals surface area contributed by atoms with Crippen LogP contribution in [-0.2, 0) is 19.6 Å². The van der Waals surface area contributed by atoms with E-state index in [4.69, 9.17) is 9.26 Å². The fourth-order valence-corrected chi connectivity index (χ4v) is 4.53. The number of fused-ring (bicyclic) bond motifs is 1. The number of aliphatic hydroxyl groups excluding tert-OH is 1. The van der Waals surface area contributed by atoms with Crippen molar-refractivity contribution in [2.75, 3.05) is 25.0 Å². The van der Waals surface area contributed by atoms with E-state index >= 15 is 0 Å². The Bertz CT molecular complexity index is 1190. The molecule has 1 amide bonds. The first-order valence-corrected chi connectivity index (χ1v) is 12.6. The highest BCUT2D eigenvalue weighted by Gasteiger charge is 2.21. The van der Waals surface area contributed by atoms with Crippen molar-refractivity contribution in [3.05, 3.63) is 70.7 Å². The predicted octanol–water partition coefficient (Wildman–Crippen LogP) is 3.07. The van der Waals surface area contributed by atoms with Crippen LogP contribution in [0.3, 0.4) is 0 Å². The number of β-amino-alcohol motifs (C(OH)–C–C–N with tert-alkyl or cyclic N) is 1. The molecule has 1 aliphatic heterocycles. The zero-order valence-electron chi connectivity index (χ0n) is 20.6. The van der Waals surface area contributed by atoms with Crippen molar-refractivity contribution in [2.45, 2.75) is 57.9 Å². The number of hydrogen-bond donors (Lipinski definition) is 3. The topological polar surface area (TPSA) is 113 Å². The van der Waals surface area contributed by atoms with E-state index in [1.807, 2.05) is 13.0 Å². The molecule has 0 radical (unpaired) electrons. The maximum atomic E-state index is 12.6. The summed E-state index contributed by atoms with van der Waals surface area (Å²) >= 11 is 0. The Balaban J connectivity index is 1.07. The fourth-order valence-electron chi connectivity index (χ4n) is 4.53. The lowest BCUT2D eigenvalue weighted by atomic mass is 9.93. The van der Waals surface area contributed by atoms with Crippen molar-refractivity contribution < 1.29 is 19.2 Å². The minimum Gasteiger partial charge on any atom is -0.489 e. The standard InChI is InChI=1S/C27H33N5O4/c1-18-22(17-36-31-18)16-35-25-6-5-21-14-32(10-8-19(21)11-25)15-24(33)13-29-27(34)20-7-9-28-26(12-20)30-23-3-2-4-23/h5-7,9,11-12,17,23-24,33H,2-4,8,10,13-16H2,1H3,(H,28,30)(H,29,34). The average Bonchev–Trinajstić information content (AvgIpc) is 3.28. The van der Waals surface area contributed by atoms with Crippen LogP contribution in [-0.4, -0.2) is 57.8 Å². The van der Waals surface area contributed by atoms with Gasteiger partial charge in [-0.15, -0.1) is 0 Å². The summed E-state index contributed by atoms with van der Waals surface area (Å²) in [4.78, 5) is 19.1. The van der Waals surface area contributed by atoms with Gasteiger partial charge in [0.25, 0.3) is 5.91 Å². The summed E-state index contributed by atoms with van der Waals surface area (Å²) in [7, 11) is 0. The van der Waals surface area contributed by atoms with E-state index in [1.165, 1.54) is 17.5 Å². The first kappa shape index (κ1) is 24.3. The van der Waals surface area contributed by atoms with E-state index in [-0.39, 0.29) is 12.5 Å². The van der Waals surface area contributed by atoms with Crippen molar-refractivity contribution in [3.63, 3.8) is 0 Å². The number of anilines is 1. The van der Waals surface area contributed by atoms with Crippen LogP contribution >= 0.6 is 0 Å². The molecule has 9 heteroatoms. The van der Waals surface area contributed by atoms with Gasteiger partial charge in [0.1, 0.15) is 24.4 Å². The molecule has 2 aromatic heterocycles. The average molecular weight is 492 g/mol. The molecule has 190 valence electrons. The molecule has 9 nitrogen and oxygen atoms in total. The summed E-state index contributed by atoms with van der Waals surface area (Å²) < 4.78 is 10.9. The quantitative estimate of drug-likeness (QED) is 0.397. The van der Waals surface area contributed by atoms with E-state index in [0.717, 1.165) is 55.2 Å². The molecule has 1 atom stereocenters. The normalized spacial score (nSPS) is 16.6. The SMILES string of the molecule is Cc1nocc1COc1ccc2c(c1)CCN(CC(O)CNC(=O)c1ccnc(NC3CCC3)c1)C2. The number of carbonyl (C=O) groups is 1. The molecule has 0 saturated heterocycles. The highest BCUT2D eigenvalue weighted by atomic mass is 16.5. The van der Waals surface area contributed by atoms with E-state index in [0.29, 0.717) is 24.8 Å². The molecule has 0 spiro atoms. The van der Waals surface area contributed by atoms with Gasteiger partial charge in [-0.2, -0.15) is 0 Å². The van der Waals surface area contributed by atoms with E-state index in [9.17, 15) is 9.90 Å². The fraction of sp³-hybridized carbons (Fsp3) is 0.444. The second-order valence-electron chi connectivity index (χ2n) is 9.70. The maximum Gasteiger partial charge on any atom is 0.251 e. The summed E-state index contributed by atoms with van der Waals surface area (Å²) in [5.41, 5.74) is 4.81. The molecule has 3 aromatic rings. The van der Waals surface area contributed by atoms with Crippen LogP contribution in [0, 0.1) is 6.92 Å². The number of aromatic nitrogens is 2. The number of amides is 1. The minimum absolute atomic E-state index is 0.199. The minimum atomic E-state index is -0.653. The van der Waals surface area contributed by atoms with Crippen molar-refractivity contribution in [2.24, 2.45) is 0 Å². The van der Waals surface area contributed by atoms with Crippen LogP contribution in [0.4, 0.5) is 5.82 Å². The van der Waals surface area contributed by atoms with Gasteiger partial charge in [0, 0.05) is 44.0 Å². The molecule has 0 bridgehead atoms. The number of ether oxygens (including phenoxy) is 1. The first-order chi connectivity index (χ1) is 17.5. The van der Waals surface area contributed by atoms with Gasteiger partial charge in [0.05, 0.1) is 17.4 Å². The third-order valence-electron chi connectivity index (χ3n) is 6.96. The van der Waals surface area contributed by atoms with Gasteiger partial charge in [0.2, 0.25) is 0 Å². The van der Waals surface area contributed by atoms with Gasteiger partial charge in [0.15, 0.2) is 0 Å². The number of benzene rings is 1. The van der Waals surface area contributed by atoms with Crippen molar-refractivity contribution in [3.8, 4) is 5.75 Å². The maximum absolute atomic E-state index is 12.6. The molecular formula is C27H33N5O4. The number of nitrogens with zero attached hydrogens (tertiary/aromatic N) is 3. The van der Waals surface area contributed by atoms with Crippen LogP contribution in [0.2, 0.25) is 0 Å². The smallest absolute Gasteiger partial charge is 0.251 e. The number of nitrogens with one attached hydrogen (secondary N) is 2. The molecule has 5 rings (SSSR count). The highest BCUT2D eigenvalue weighted by Crippen LogP contribution is 2.25. The van der Waals surface area contributed by atoms with Gasteiger partial charge >= 0.3 is 0 Å². The van der Waals surface area contributed by atoms with Crippen LogP contribution in [0.5, 0.6) is 5.75 Å². The van der Waals surface area contributed by atoms with Crippen LogP contribution in [0.25, 0.3) is 0 Å². The molecule has 36 heavy (non-hydrogen) atoms. The number of rotatable bonds is 10. The first-order valence-electron chi connectivity index (χ1n) is 12.6. The lowest BCUT2D eigenvalue weighted by Crippen LogP contribution is -2.42. The Morgan fingerprint density at radius 1 is 1.28 bits per heavy atom. The second-order valence-corrected chi connectivity index (χ2v) is 9.70. The Morgan fingerprint density at radius 2 is 2.17 bits per heavy atom. The zero-order valence-corrected chi connectivity index (χ0v) is 20.6. The highest BCUT2D eigenvalue weighted by molar-refractivity contribution is 5.94. The number of aliphatic hydroxyl groups is 1. The van der Waals surface area contributed by atoms with Crippen LogP contribution in [0.15, 0.2) is 47.3 Å². The zero-order chi connectivity index (χ0) is 24.9. The number of carbonyl (C=O) groups excluding carboxylic acids is 1. The Morgan fingerprint density at radius 3 is 2.94 bits per heavy atom. The summed E-state index contributed by atoms with van der Waals surface area (Å²) in [5, 5.41) is 20.7. The van der Waals surface area contributed by atoms with E-state index in [2.05, 4.69) is 37.8 Å². The van der Waals surface area contributed by atoms with Gasteiger partial charge < -0.3 is 25.0 Å². The summed E-state index contributed by atoms with van der Waals surface area (Å²) in [5.74, 6) is 1.35. The van der Waals surface area contributed by atoms with Crippen LogP contribution in [0.1, 0.15) is 52.0 Å². The molecule has 3 heterocycles. The monoisotopic (exact) mass is 491 g/mol. The summed E-state index contributed by atoms with van der Waals surface area (Å²) in [6.45, 7) is 4.61. The lowest BCUT2D eigenvalue weighted by Gasteiger charge is -2.30. The second kappa shape index (κ2) is 11.1. The Kier molecular flexibility index (Phi) is 7.48. The molecule has 3 N–H and O–H groups in total. The third-order valence-corrected chi connectivity index (χ3v) is 6.96. The largest absolute Gasteiger partial charge is 0.489 e. The number of hydrogen-bond acceptors (Lipinski definition) is 8. The van der Waals surface area contributed by atoms with Gasteiger partial charge in [-0.3, -0.25) is 9.69 Å². The number of pyridine rings is 1. The predicted molar refractivity (Wildman–Crippen MR) is 135 cm³/mol. The third kappa shape index (κ3) is 6.03. The van der Waals surface area contributed by atoms with E-state index in [1.54, 1.807) is 24.6 Å². The molecule has 1 aliphatic carbocycles. The Hall–Kier alpha value is -3.43. The molecule has 1 unspecified atom stereocenters. The molecule has 1 aromatic carbocycles. The van der Waals surface area contributed by atoms with Crippen LogP contribution < -0.4 is 15.4 Å². The van der Waals surface area contributed by atoms with Crippen molar-refractivity contribution in [1.29, 1.82) is 0 Å². The van der Waals surface area contributed by atoms with Crippen molar-refractivity contribution in [1.82, 2.24) is 20.4 Å². The number of aryl methyl sites for hydroxylation is 1. The van der Waals surface area contributed by atoms with Gasteiger partial charge in [-0.05, 0) is 68.0 Å². The van der Waals surface area contributed by atoms with Gasteiger partial charge in [-0.1, -0.05) is 11.2 Å². The summed E-state index contributed by atoms with van der Waals surface area (Å²) in [6, 6.07) is 10.1. The molecular weight excluding hydrogens is 458 g/mol. The van der Waals surface area contributed by atoms with Gasteiger partial charge in [-0.25, -0.2) is 4.98 Å². The summed E-state index contributed by atoms with van der Waals surface area (Å²) in [6.07, 6.45) is 7.00. The molecule has 2 aliphatic rings. The van der Waals surface area contributed by atoms with Crippen molar-refractivity contribution >= 4 is 11.7 Å². The Labute approximate surface area is 210 Å². The lowest BCUT2D eigenvalue weighted by molar-refractivity contribution is 0.0841. The molecule has 1 saturated carbocycles. The van der Waals surface area contributed by atoms with E-state index < -0.39 is 6.10 Å². The molecule has 1 fully saturated rings.